The van der Waals surface area contributed by atoms with E-state index in [1.54, 1.807) is 0 Å². The molecule has 0 saturated heterocycles. The van der Waals surface area contributed by atoms with Crippen LogP contribution in [0.5, 0.6) is 0 Å². The zero-order valence-electron chi connectivity index (χ0n) is 21.9. The number of hydroxylamine groups is 1. The first kappa shape index (κ1) is 25.5. The summed E-state index contributed by atoms with van der Waals surface area (Å²) in [5, 5.41) is 2.16. The second-order valence-corrected chi connectivity index (χ2v) is 10.2. The molecule has 180 valence electrons. The van der Waals surface area contributed by atoms with Gasteiger partial charge in [0.05, 0.1) is 17.9 Å². The van der Waals surface area contributed by atoms with Crippen LogP contribution in [-0.4, -0.2) is 18.8 Å². The van der Waals surface area contributed by atoms with Crippen LogP contribution in [0.4, 0.5) is 5.69 Å². The van der Waals surface area contributed by atoms with Crippen LogP contribution in [0.2, 0.25) is 0 Å². The van der Waals surface area contributed by atoms with E-state index < -0.39 is 0 Å². The Bertz CT molecular complexity index is 962. The van der Waals surface area contributed by atoms with Crippen molar-refractivity contribution < 1.29 is 9.57 Å². The molecule has 2 aromatic carbocycles. The number of fused-ring (bicyclic) bond motifs is 1. The molecule has 0 spiro atoms. The number of hydrogen-bond acceptors (Lipinski definition) is 3. The highest BCUT2D eigenvalue weighted by atomic mass is 16.7. The topological polar surface area (TPSA) is 21.7 Å². The Labute approximate surface area is 201 Å². The van der Waals surface area contributed by atoms with Gasteiger partial charge in [-0.15, -0.1) is 0 Å². The van der Waals surface area contributed by atoms with Gasteiger partial charge in [-0.25, -0.2) is 5.06 Å². The number of aryl methyl sites for hydroxylation is 2. The molecule has 0 bridgehead atoms. The lowest BCUT2D eigenvalue weighted by atomic mass is 9.89. The molecule has 1 heterocycles. The summed E-state index contributed by atoms with van der Waals surface area (Å²) in [5.41, 5.74) is 9.09. The number of anilines is 1. The summed E-state index contributed by atoms with van der Waals surface area (Å²) in [5.74, 6) is 0.606. The van der Waals surface area contributed by atoms with Crippen LogP contribution in [0.15, 0.2) is 36.4 Å². The Morgan fingerprint density at radius 2 is 1.76 bits per heavy atom. The van der Waals surface area contributed by atoms with Gasteiger partial charge in [0.25, 0.3) is 0 Å². The molecule has 2 aromatic rings. The first-order valence-corrected chi connectivity index (χ1v) is 12.7. The molecule has 0 radical (unpaired) electrons. The summed E-state index contributed by atoms with van der Waals surface area (Å²) in [6, 6.07) is 11.3. The molecule has 0 aromatic heterocycles. The minimum absolute atomic E-state index is 0.0404. The standard InChI is InChI=1S/C30H43NO2/c1-9-15-32-23(6)19-24(7)33-31-29-12-10-11-26(16-20(2)3)27(29)13-14-30(31)28-18-21(4)17-22(5)25(28)8/h10-14,17-18,20,23-24,30H,9,15-16,19H2,1-8H3. The van der Waals surface area contributed by atoms with E-state index in [4.69, 9.17) is 9.57 Å². The molecule has 0 saturated carbocycles. The summed E-state index contributed by atoms with van der Waals surface area (Å²) in [6.07, 6.45) is 7.80. The number of ether oxygens (including phenoxy) is 1. The van der Waals surface area contributed by atoms with Crippen molar-refractivity contribution >= 4 is 11.8 Å². The zero-order valence-corrected chi connectivity index (χ0v) is 21.9. The van der Waals surface area contributed by atoms with Crippen molar-refractivity contribution in [2.24, 2.45) is 5.92 Å². The first-order valence-electron chi connectivity index (χ1n) is 12.7. The normalized spacial score (nSPS) is 17.4. The Balaban J connectivity index is 1.99. The predicted octanol–water partition coefficient (Wildman–Crippen LogP) is 7.91. The third kappa shape index (κ3) is 6.28. The zero-order chi connectivity index (χ0) is 24.1. The molecule has 0 fully saturated rings. The van der Waals surface area contributed by atoms with E-state index in [-0.39, 0.29) is 18.2 Å². The van der Waals surface area contributed by atoms with Crippen molar-refractivity contribution in [1.82, 2.24) is 0 Å². The summed E-state index contributed by atoms with van der Waals surface area (Å²) in [4.78, 5) is 6.73. The highest BCUT2D eigenvalue weighted by molar-refractivity contribution is 5.75. The maximum Gasteiger partial charge on any atom is 0.100 e. The predicted molar refractivity (Wildman–Crippen MR) is 141 cm³/mol. The van der Waals surface area contributed by atoms with E-state index in [0.717, 1.165) is 31.6 Å². The van der Waals surface area contributed by atoms with Gasteiger partial charge in [-0.05, 0) is 81.7 Å². The quantitative estimate of drug-likeness (QED) is 0.368. The van der Waals surface area contributed by atoms with Crippen molar-refractivity contribution in [1.29, 1.82) is 0 Å². The molecule has 3 unspecified atom stereocenters. The van der Waals surface area contributed by atoms with Gasteiger partial charge in [-0.3, -0.25) is 4.84 Å². The number of benzene rings is 2. The van der Waals surface area contributed by atoms with Crippen LogP contribution in [0.1, 0.15) is 86.9 Å². The van der Waals surface area contributed by atoms with Crippen LogP contribution in [-0.2, 0) is 16.0 Å². The molecule has 0 N–H and O–H groups in total. The van der Waals surface area contributed by atoms with Crippen molar-refractivity contribution in [2.45, 2.75) is 92.9 Å². The van der Waals surface area contributed by atoms with Gasteiger partial charge in [0.1, 0.15) is 6.04 Å². The van der Waals surface area contributed by atoms with Gasteiger partial charge in [-0.1, -0.05) is 62.8 Å². The van der Waals surface area contributed by atoms with Gasteiger partial charge in [0.15, 0.2) is 0 Å². The molecule has 33 heavy (non-hydrogen) atoms. The lowest BCUT2D eigenvalue weighted by Crippen LogP contribution is -2.35. The average Bonchev–Trinajstić information content (AvgIpc) is 2.75. The van der Waals surface area contributed by atoms with Gasteiger partial charge in [0.2, 0.25) is 0 Å². The van der Waals surface area contributed by atoms with Crippen LogP contribution in [0.25, 0.3) is 6.08 Å². The molecule has 1 aliphatic heterocycles. The third-order valence-corrected chi connectivity index (χ3v) is 6.47. The number of rotatable bonds is 10. The Morgan fingerprint density at radius 3 is 2.45 bits per heavy atom. The molecule has 3 rings (SSSR count). The minimum Gasteiger partial charge on any atom is -0.378 e. The molecule has 3 heteroatoms. The fraction of sp³-hybridized carbons (Fsp3) is 0.533. The molecule has 3 nitrogen and oxygen atoms in total. The SMILES string of the molecule is CCCOC(C)CC(C)ON1c2cccc(CC(C)C)c2C=CC1c1cc(C)cc(C)c1C. The van der Waals surface area contributed by atoms with Gasteiger partial charge >= 0.3 is 0 Å². The summed E-state index contributed by atoms with van der Waals surface area (Å²) in [7, 11) is 0. The van der Waals surface area contributed by atoms with E-state index in [1.165, 1.54) is 33.4 Å². The molecular formula is C30H43NO2. The molecule has 0 aliphatic carbocycles. The summed E-state index contributed by atoms with van der Waals surface area (Å²) in [6.45, 7) is 18.4. The van der Waals surface area contributed by atoms with Crippen LogP contribution in [0.3, 0.4) is 0 Å². The molecule has 0 amide bonds. The Hall–Kier alpha value is -2.10. The smallest absolute Gasteiger partial charge is 0.100 e. The van der Waals surface area contributed by atoms with E-state index >= 15 is 0 Å². The van der Waals surface area contributed by atoms with E-state index in [9.17, 15) is 0 Å². The highest BCUT2D eigenvalue weighted by Crippen LogP contribution is 2.41. The Morgan fingerprint density at radius 1 is 1.00 bits per heavy atom. The third-order valence-electron chi connectivity index (χ3n) is 6.47. The molecule has 1 aliphatic rings. The lowest BCUT2D eigenvalue weighted by molar-refractivity contribution is -0.0179. The van der Waals surface area contributed by atoms with Crippen molar-refractivity contribution in [3.63, 3.8) is 0 Å². The summed E-state index contributed by atoms with van der Waals surface area (Å²) < 4.78 is 5.93. The van der Waals surface area contributed by atoms with Crippen molar-refractivity contribution in [2.75, 3.05) is 11.7 Å². The van der Waals surface area contributed by atoms with E-state index in [2.05, 4.69) is 103 Å². The van der Waals surface area contributed by atoms with Crippen LogP contribution < -0.4 is 5.06 Å². The molecular weight excluding hydrogens is 406 g/mol. The summed E-state index contributed by atoms with van der Waals surface area (Å²) >= 11 is 0. The maximum atomic E-state index is 6.73. The van der Waals surface area contributed by atoms with Crippen LogP contribution in [0, 0.1) is 26.7 Å². The number of hydrogen-bond donors (Lipinski definition) is 0. The monoisotopic (exact) mass is 449 g/mol. The highest BCUT2D eigenvalue weighted by Gasteiger charge is 2.29. The first-order chi connectivity index (χ1) is 15.7. The lowest BCUT2D eigenvalue weighted by Gasteiger charge is -2.38. The second kappa shape index (κ2) is 11.4. The van der Waals surface area contributed by atoms with E-state index in [1.807, 2.05) is 0 Å². The van der Waals surface area contributed by atoms with Crippen molar-refractivity contribution in [3.8, 4) is 0 Å². The maximum absolute atomic E-state index is 6.73. The minimum atomic E-state index is 0.0404. The largest absolute Gasteiger partial charge is 0.378 e. The number of nitrogens with zero attached hydrogens (tertiary/aromatic N) is 1. The molecule has 3 atom stereocenters. The Kier molecular flexibility index (Phi) is 8.78. The van der Waals surface area contributed by atoms with Crippen molar-refractivity contribution in [3.05, 3.63) is 69.8 Å². The van der Waals surface area contributed by atoms with Crippen LogP contribution >= 0.6 is 0 Å². The van der Waals surface area contributed by atoms with Gasteiger partial charge in [0, 0.05) is 18.6 Å². The fourth-order valence-electron chi connectivity index (χ4n) is 4.84. The second-order valence-electron chi connectivity index (χ2n) is 10.2. The average molecular weight is 450 g/mol. The van der Waals surface area contributed by atoms with Gasteiger partial charge < -0.3 is 4.74 Å². The fourth-order valence-corrected chi connectivity index (χ4v) is 4.84. The van der Waals surface area contributed by atoms with Gasteiger partial charge in [-0.2, -0.15) is 0 Å². The van der Waals surface area contributed by atoms with E-state index in [0.29, 0.717) is 5.92 Å².